The smallest absolute Gasteiger partial charge is 0.272 e. The molecule has 26 heavy (non-hydrogen) atoms. The number of carbonyl (C=O) groups excluding carboxylic acids is 1. The molecule has 0 N–H and O–H groups in total. The maximum atomic E-state index is 12.7. The monoisotopic (exact) mass is 367 g/mol. The van der Waals surface area contributed by atoms with Crippen LogP contribution in [0.5, 0.6) is 0 Å². The number of fused-ring (bicyclic) bond motifs is 1. The molecule has 0 atom stereocenters. The van der Waals surface area contributed by atoms with Crippen molar-refractivity contribution in [1.29, 1.82) is 0 Å². The van der Waals surface area contributed by atoms with Gasteiger partial charge in [0, 0.05) is 32.4 Å². The summed E-state index contributed by atoms with van der Waals surface area (Å²) in [5, 5.41) is 2.04. The number of rotatable bonds is 3. The zero-order valence-electron chi connectivity index (χ0n) is 14.9. The Balaban J connectivity index is 1.44. The number of hydrogen-bond donors (Lipinski definition) is 0. The fraction of sp³-hybridized carbons (Fsp3) is 0.368. The molecule has 0 aromatic carbocycles. The molecule has 3 aromatic heterocycles. The van der Waals surface area contributed by atoms with Crippen LogP contribution in [0.1, 0.15) is 35.8 Å². The lowest BCUT2D eigenvalue weighted by Crippen LogP contribution is -2.49. The van der Waals surface area contributed by atoms with Crippen molar-refractivity contribution in [3.05, 3.63) is 47.4 Å². The van der Waals surface area contributed by atoms with E-state index in [1.807, 2.05) is 34.7 Å². The molecule has 0 unspecified atom stereocenters. The molecule has 0 saturated carbocycles. The Morgan fingerprint density at radius 3 is 2.58 bits per heavy atom. The van der Waals surface area contributed by atoms with Gasteiger partial charge in [-0.05, 0) is 29.0 Å². The number of amides is 1. The molecule has 4 rings (SSSR count). The van der Waals surface area contributed by atoms with Crippen molar-refractivity contribution in [3.63, 3.8) is 0 Å². The van der Waals surface area contributed by atoms with Crippen molar-refractivity contribution in [3.8, 4) is 0 Å². The standard InChI is InChI=1S/C19H21N5OS/c1-13(2)14-3-4-16(20-11-14)19(25)24-8-6-23(7-9-24)18-17-15(5-10-26-17)21-12-22-18/h3-5,10-13H,6-9H2,1-2H3. The van der Waals surface area contributed by atoms with E-state index in [9.17, 15) is 4.79 Å². The first-order chi connectivity index (χ1) is 12.6. The maximum Gasteiger partial charge on any atom is 0.272 e. The Labute approximate surface area is 156 Å². The Morgan fingerprint density at radius 1 is 1.08 bits per heavy atom. The van der Waals surface area contributed by atoms with Crippen LogP contribution in [0.25, 0.3) is 10.2 Å². The normalized spacial score (nSPS) is 15.0. The number of hydrogen-bond acceptors (Lipinski definition) is 6. The third-order valence-corrected chi connectivity index (χ3v) is 5.66. The molecule has 1 aliphatic rings. The topological polar surface area (TPSA) is 62.2 Å². The molecule has 0 bridgehead atoms. The molecule has 134 valence electrons. The molecule has 4 heterocycles. The lowest BCUT2D eigenvalue weighted by atomic mass is 10.1. The van der Waals surface area contributed by atoms with Gasteiger partial charge in [0.25, 0.3) is 5.91 Å². The summed E-state index contributed by atoms with van der Waals surface area (Å²) >= 11 is 1.66. The van der Waals surface area contributed by atoms with E-state index in [4.69, 9.17) is 0 Å². The predicted molar refractivity (Wildman–Crippen MR) is 104 cm³/mol. The van der Waals surface area contributed by atoms with Gasteiger partial charge in [0.1, 0.15) is 17.8 Å². The van der Waals surface area contributed by atoms with Crippen LogP contribution in [0.3, 0.4) is 0 Å². The van der Waals surface area contributed by atoms with Crippen molar-refractivity contribution in [2.75, 3.05) is 31.1 Å². The SMILES string of the molecule is CC(C)c1ccc(C(=O)N2CCN(c3ncnc4ccsc34)CC2)nc1. The first-order valence-electron chi connectivity index (χ1n) is 8.82. The van der Waals surface area contributed by atoms with E-state index in [1.165, 1.54) is 0 Å². The van der Waals surface area contributed by atoms with Crippen molar-refractivity contribution < 1.29 is 4.79 Å². The zero-order chi connectivity index (χ0) is 18.1. The Hall–Kier alpha value is -2.54. The Morgan fingerprint density at radius 2 is 1.88 bits per heavy atom. The van der Waals surface area contributed by atoms with Crippen LogP contribution >= 0.6 is 11.3 Å². The number of piperazine rings is 1. The summed E-state index contributed by atoms with van der Waals surface area (Å²) in [4.78, 5) is 30.0. The minimum atomic E-state index is 0.00362. The van der Waals surface area contributed by atoms with Crippen LogP contribution in [0.4, 0.5) is 5.82 Å². The van der Waals surface area contributed by atoms with E-state index in [0.717, 1.165) is 34.7 Å². The number of thiophene rings is 1. The van der Waals surface area contributed by atoms with Gasteiger partial charge in [0.2, 0.25) is 0 Å². The zero-order valence-corrected chi connectivity index (χ0v) is 15.7. The molecule has 0 spiro atoms. The summed E-state index contributed by atoms with van der Waals surface area (Å²) in [6.07, 6.45) is 3.42. The summed E-state index contributed by atoms with van der Waals surface area (Å²) < 4.78 is 1.11. The van der Waals surface area contributed by atoms with E-state index in [0.29, 0.717) is 24.7 Å². The highest BCUT2D eigenvalue weighted by molar-refractivity contribution is 7.17. The minimum absolute atomic E-state index is 0.00362. The molecule has 1 saturated heterocycles. The highest BCUT2D eigenvalue weighted by atomic mass is 32.1. The third-order valence-electron chi connectivity index (χ3n) is 4.76. The van der Waals surface area contributed by atoms with Crippen molar-refractivity contribution >= 4 is 33.3 Å². The van der Waals surface area contributed by atoms with Gasteiger partial charge in [-0.3, -0.25) is 9.78 Å². The molecule has 3 aromatic rings. The van der Waals surface area contributed by atoms with Crippen LogP contribution in [0.2, 0.25) is 0 Å². The van der Waals surface area contributed by atoms with E-state index in [1.54, 1.807) is 17.7 Å². The lowest BCUT2D eigenvalue weighted by molar-refractivity contribution is 0.0740. The van der Waals surface area contributed by atoms with Crippen molar-refractivity contribution in [2.24, 2.45) is 0 Å². The fourth-order valence-corrected chi connectivity index (χ4v) is 4.02. The van der Waals surface area contributed by atoms with Crippen LogP contribution in [0.15, 0.2) is 36.1 Å². The first-order valence-corrected chi connectivity index (χ1v) is 9.70. The fourth-order valence-electron chi connectivity index (χ4n) is 3.16. The van der Waals surface area contributed by atoms with Crippen LogP contribution < -0.4 is 4.90 Å². The number of aromatic nitrogens is 3. The van der Waals surface area contributed by atoms with Crippen LogP contribution in [0, 0.1) is 0 Å². The first kappa shape index (κ1) is 16.9. The highest BCUT2D eigenvalue weighted by Crippen LogP contribution is 2.28. The van der Waals surface area contributed by atoms with Gasteiger partial charge in [-0.15, -0.1) is 11.3 Å². The van der Waals surface area contributed by atoms with Gasteiger partial charge >= 0.3 is 0 Å². The Kier molecular flexibility index (Phi) is 4.55. The molecule has 0 radical (unpaired) electrons. The molecular weight excluding hydrogens is 346 g/mol. The largest absolute Gasteiger partial charge is 0.352 e. The van der Waals surface area contributed by atoms with Gasteiger partial charge in [-0.25, -0.2) is 9.97 Å². The maximum absolute atomic E-state index is 12.7. The van der Waals surface area contributed by atoms with Crippen LogP contribution in [-0.2, 0) is 0 Å². The molecular formula is C19H21N5OS. The predicted octanol–water partition coefficient (Wildman–Crippen LogP) is 3.17. The highest BCUT2D eigenvalue weighted by Gasteiger charge is 2.25. The lowest BCUT2D eigenvalue weighted by Gasteiger charge is -2.35. The summed E-state index contributed by atoms with van der Waals surface area (Å²) in [5.74, 6) is 1.39. The second-order valence-electron chi connectivity index (χ2n) is 6.74. The average Bonchev–Trinajstić information content (AvgIpc) is 3.16. The summed E-state index contributed by atoms with van der Waals surface area (Å²) in [6.45, 7) is 7.11. The average molecular weight is 367 g/mol. The summed E-state index contributed by atoms with van der Waals surface area (Å²) in [6, 6.07) is 5.84. The van der Waals surface area contributed by atoms with E-state index >= 15 is 0 Å². The second-order valence-corrected chi connectivity index (χ2v) is 7.66. The van der Waals surface area contributed by atoms with Gasteiger partial charge in [0.15, 0.2) is 0 Å². The molecule has 1 fully saturated rings. The van der Waals surface area contributed by atoms with Crippen LogP contribution in [-0.4, -0.2) is 51.9 Å². The number of nitrogens with zero attached hydrogens (tertiary/aromatic N) is 5. The molecule has 0 aliphatic carbocycles. The summed E-state index contributed by atoms with van der Waals surface area (Å²) in [5.41, 5.74) is 2.65. The van der Waals surface area contributed by atoms with Gasteiger partial charge < -0.3 is 9.80 Å². The van der Waals surface area contributed by atoms with E-state index in [2.05, 4.69) is 33.7 Å². The number of anilines is 1. The third kappa shape index (κ3) is 3.14. The van der Waals surface area contributed by atoms with Crippen molar-refractivity contribution in [1.82, 2.24) is 19.9 Å². The number of carbonyl (C=O) groups is 1. The van der Waals surface area contributed by atoms with Crippen molar-refractivity contribution in [2.45, 2.75) is 19.8 Å². The molecule has 6 nitrogen and oxygen atoms in total. The van der Waals surface area contributed by atoms with E-state index in [-0.39, 0.29) is 5.91 Å². The van der Waals surface area contributed by atoms with Gasteiger partial charge in [-0.2, -0.15) is 0 Å². The van der Waals surface area contributed by atoms with Gasteiger partial charge in [-0.1, -0.05) is 19.9 Å². The van der Waals surface area contributed by atoms with Gasteiger partial charge in [0.05, 0.1) is 10.2 Å². The molecule has 7 heteroatoms. The Bertz CT molecular complexity index is 913. The molecule has 1 aliphatic heterocycles. The summed E-state index contributed by atoms with van der Waals surface area (Å²) in [7, 11) is 0. The number of pyridine rings is 1. The second kappa shape index (κ2) is 6.99. The quantitative estimate of drug-likeness (QED) is 0.711. The van der Waals surface area contributed by atoms with E-state index < -0.39 is 0 Å². The minimum Gasteiger partial charge on any atom is -0.352 e. The molecule has 1 amide bonds.